The van der Waals surface area contributed by atoms with Crippen molar-refractivity contribution in [2.45, 2.75) is 0 Å². The standard InChI is InChI=1S/C51H32N2/c1-2-15-36-33(13-1)14-11-23-41(36)50-44-21-7-5-19-42(44)49(43-20-6-8-22-45(43)50)35-28-26-34(27-29-35)37-30-31-48(39-17-4-3-16-38(37)39)53-47-25-10-9-18-40(47)46-24-12-32-52-51(46)53/h1-32H. The fourth-order valence-electron chi connectivity index (χ4n) is 8.76. The number of fused-ring (bicyclic) bond motifs is 7. The number of nitrogens with zero attached hydrogens (tertiary/aromatic N) is 2. The van der Waals surface area contributed by atoms with Gasteiger partial charge in [-0.2, -0.15) is 0 Å². The number of aromatic nitrogens is 2. The molecule has 246 valence electrons. The molecule has 2 aromatic heterocycles. The minimum absolute atomic E-state index is 0.974. The lowest BCUT2D eigenvalue weighted by molar-refractivity contribution is 1.15. The van der Waals surface area contributed by atoms with Gasteiger partial charge in [-0.1, -0.05) is 164 Å². The highest BCUT2D eigenvalue weighted by molar-refractivity contribution is 6.23. The fourth-order valence-corrected chi connectivity index (χ4v) is 8.76. The molecular formula is C51H32N2. The molecule has 0 unspecified atom stereocenters. The first-order valence-corrected chi connectivity index (χ1v) is 18.2. The Kier molecular flexibility index (Phi) is 6.59. The molecule has 2 nitrogen and oxygen atoms in total. The van der Waals surface area contributed by atoms with E-state index in [9.17, 15) is 0 Å². The highest BCUT2D eigenvalue weighted by Crippen LogP contribution is 2.46. The van der Waals surface area contributed by atoms with Crippen LogP contribution in [0.3, 0.4) is 0 Å². The van der Waals surface area contributed by atoms with Gasteiger partial charge in [0.05, 0.1) is 11.2 Å². The van der Waals surface area contributed by atoms with E-state index in [0.717, 1.165) is 22.2 Å². The molecule has 0 aliphatic rings. The summed E-state index contributed by atoms with van der Waals surface area (Å²) in [5, 5.41) is 12.4. The second-order valence-electron chi connectivity index (χ2n) is 13.9. The summed E-state index contributed by atoms with van der Waals surface area (Å²) in [4.78, 5) is 4.86. The summed E-state index contributed by atoms with van der Waals surface area (Å²) in [5.41, 5.74) is 10.7. The highest BCUT2D eigenvalue weighted by atomic mass is 15.0. The van der Waals surface area contributed by atoms with E-state index in [1.54, 1.807) is 0 Å². The minimum Gasteiger partial charge on any atom is -0.293 e. The van der Waals surface area contributed by atoms with Crippen LogP contribution in [-0.4, -0.2) is 9.55 Å². The summed E-state index contributed by atoms with van der Waals surface area (Å²) in [7, 11) is 0. The number of benzene rings is 9. The van der Waals surface area contributed by atoms with Gasteiger partial charge in [-0.3, -0.25) is 4.57 Å². The van der Waals surface area contributed by atoms with E-state index < -0.39 is 0 Å². The Morgan fingerprint density at radius 3 is 1.60 bits per heavy atom. The van der Waals surface area contributed by atoms with Crippen LogP contribution in [0.25, 0.3) is 104 Å². The third-order valence-electron chi connectivity index (χ3n) is 11.1. The number of hydrogen-bond acceptors (Lipinski definition) is 1. The van der Waals surface area contributed by atoms with Crippen molar-refractivity contribution in [3.63, 3.8) is 0 Å². The summed E-state index contributed by atoms with van der Waals surface area (Å²) in [6.07, 6.45) is 1.89. The summed E-state index contributed by atoms with van der Waals surface area (Å²) >= 11 is 0. The van der Waals surface area contributed by atoms with E-state index in [4.69, 9.17) is 4.98 Å². The van der Waals surface area contributed by atoms with Gasteiger partial charge in [0.2, 0.25) is 0 Å². The van der Waals surface area contributed by atoms with Gasteiger partial charge in [0.25, 0.3) is 0 Å². The lowest BCUT2D eigenvalue weighted by Crippen LogP contribution is -1.97. The van der Waals surface area contributed by atoms with Crippen molar-refractivity contribution in [2.24, 2.45) is 0 Å². The maximum Gasteiger partial charge on any atom is 0.145 e. The molecule has 0 spiro atoms. The van der Waals surface area contributed by atoms with E-state index in [-0.39, 0.29) is 0 Å². The molecule has 0 saturated carbocycles. The quantitative estimate of drug-likeness (QED) is 0.170. The van der Waals surface area contributed by atoms with Crippen molar-refractivity contribution >= 4 is 65.0 Å². The van der Waals surface area contributed by atoms with Gasteiger partial charge in [-0.15, -0.1) is 0 Å². The molecule has 0 saturated heterocycles. The van der Waals surface area contributed by atoms with Crippen LogP contribution in [0.15, 0.2) is 194 Å². The Balaban J connectivity index is 1.09. The zero-order valence-corrected chi connectivity index (χ0v) is 28.9. The maximum atomic E-state index is 4.86. The van der Waals surface area contributed by atoms with Gasteiger partial charge in [-0.05, 0) is 95.3 Å². The average molecular weight is 673 g/mol. The van der Waals surface area contributed by atoms with Crippen LogP contribution in [0.5, 0.6) is 0 Å². The monoisotopic (exact) mass is 672 g/mol. The molecule has 0 amide bonds. The van der Waals surface area contributed by atoms with Crippen molar-refractivity contribution in [1.29, 1.82) is 0 Å². The van der Waals surface area contributed by atoms with Gasteiger partial charge in [0.1, 0.15) is 5.65 Å². The molecule has 2 heterocycles. The number of para-hydroxylation sites is 1. The van der Waals surface area contributed by atoms with Crippen LogP contribution in [0.1, 0.15) is 0 Å². The SMILES string of the molecule is c1ccc2c(-c3c4ccccc4c(-c4ccc(-c5ccc(-n6c7ccccc7c7cccnc76)c6ccccc56)cc4)c4ccccc34)cccc2c1. The van der Waals surface area contributed by atoms with E-state index >= 15 is 0 Å². The van der Waals surface area contributed by atoms with E-state index in [1.165, 1.54) is 81.9 Å². The summed E-state index contributed by atoms with van der Waals surface area (Å²) in [6, 6.07) is 68.5. The van der Waals surface area contributed by atoms with Gasteiger partial charge in [0.15, 0.2) is 0 Å². The van der Waals surface area contributed by atoms with Crippen molar-refractivity contribution in [1.82, 2.24) is 9.55 Å². The van der Waals surface area contributed by atoms with Crippen LogP contribution in [0, 0.1) is 0 Å². The smallest absolute Gasteiger partial charge is 0.145 e. The molecule has 0 fully saturated rings. The predicted octanol–water partition coefficient (Wildman–Crippen LogP) is 13.8. The second-order valence-corrected chi connectivity index (χ2v) is 13.9. The van der Waals surface area contributed by atoms with Crippen molar-refractivity contribution in [3.05, 3.63) is 194 Å². The first-order chi connectivity index (χ1) is 26.3. The Bertz CT molecular complexity index is 3110. The molecular weight excluding hydrogens is 641 g/mol. The van der Waals surface area contributed by atoms with Crippen molar-refractivity contribution in [2.75, 3.05) is 0 Å². The highest BCUT2D eigenvalue weighted by Gasteiger charge is 2.19. The molecule has 11 aromatic rings. The summed E-state index contributed by atoms with van der Waals surface area (Å²) < 4.78 is 2.32. The van der Waals surface area contributed by atoms with Crippen molar-refractivity contribution < 1.29 is 0 Å². The molecule has 0 bridgehead atoms. The van der Waals surface area contributed by atoms with Crippen LogP contribution in [0.4, 0.5) is 0 Å². The Morgan fingerprint density at radius 1 is 0.321 bits per heavy atom. The van der Waals surface area contributed by atoms with Crippen molar-refractivity contribution in [3.8, 4) is 39.1 Å². The molecule has 0 aliphatic carbocycles. The molecule has 0 aliphatic heterocycles. The van der Waals surface area contributed by atoms with Gasteiger partial charge in [-0.25, -0.2) is 4.98 Å². The van der Waals surface area contributed by atoms with Gasteiger partial charge in [0, 0.05) is 22.4 Å². The van der Waals surface area contributed by atoms with E-state index in [0.29, 0.717) is 0 Å². The normalized spacial score (nSPS) is 11.8. The van der Waals surface area contributed by atoms with Crippen LogP contribution in [0.2, 0.25) is 0 Å². The number of hydrogen-bond donors (Lipinski definition) is 0. The Hall–Kier alpha value is -7.03. The first-order valence-electron chi connectivity index (χ1n) is 18.2. The topological polar surface area (TPSA) is 17.8 Å². The lowest BCUT2D eigenvalue weighted by Gasteiger charge is -2.19. The van der Waals surface area contributed by atoms with Crippen LogP contribution >= 0.6 is 0 Å². The minimum atomic E-state index is 0.974. The Labute approximate surface area is 306 Å². The zero-order valence-electron chi connectivity index (χ0n) is 28.9. The summed E-state index contributed by atoms with van der Waals surface area (Å²) in [5.74, 6) is 0. The summed E-state index contributed by atoms with van der Waals surface area (Å²) in [6.45, 7) is 0. The molecule has 2 heteroatoms. The third kappa shape index (κ3) is 4.49. The molecule has 0 N–H and O–H groups in total. The van der Waals surface area contributed by atoms with E-state index in [1.807, 2.05) is 12.3 Å². The molecule has 9 aromatic carbocycles. The largest absolute Gasteiger partial charge is 0.293 e. The molecule has 11 rings (SSSR count). The van der Waals surface area contributed by atoms with E-state index in [2.05, 4.69) is 187 Å². The average Bonchev–Trinajstić information content (AvgIpc) is 3.56. The van der Waals surface area contributed by atoms with Crippen LogP contribution < -0.4 is 0 Å². The van der Waals surface area contributed by atoms with Crippen LogP contribution in [-0.2, 0) is 0 Å². The maximum absolute atomic E-state index is 4.86. The Morgan fingerprint density at radius 2 is 0.868 bits per heavy atom. The number of pyridine rings is 1. The molecule has 0 radical (unpaired) electrons. The zero-order chi connectivity index (χ0) is 34.9. The predicted molar refractivity (Wildman–Crippen MR) is 225 cm³/mol. The second kappa shape index (κ2) is 11.8. The number of rotatable bonds is 4. The van der Waals surface area contributed by atoms with Gasteiger partial charge < -0.3 is 0 Å². The lowest BCUT2D eigenvalue weighted by atomic mass is 9.84. The third-order valence-corrected chi connectivity index (χ3v) is 11.1. The fraction of sp³-hybridized carbons (Fsp3) is 0. The first kappa shape index (κ1) is 29.7. The molecule has 0 atom stereocenters. The molecule has 53 heavy (non-hydrogen) atoms. The van der Waals surface area contributed by atoms with Gasteiger partial charge >= 0.3 is 0 Å².